The highest BCUT2D eigenvalue weighted by atomic mass is 31.2. The van der Waals surface area contributed by atoms with Gasteiger partial charge in [-0.2, -0.15) is 0 Å². The van der Waals surface area contributed by atoms with Gasteiger partial charge in [0.25, 0.3) is 0 Å². The minimum atomic E-state index is -4.07. The Morgan fingerprint density at radius 1 is 1.62 bits per heavy atom. The van der Waals surface area contributed by atoms with E-state index < -0.39 is 25.8 Å². The monoisotopic (exact) mass is 211 g/mol. The minimum Gasteiger partial charge on any atom is -0.465 e. The van der Waals surface area contributed by atoms with Crippen molar-refractivity contribution >= 4 is 13.6 Å². The molecule has 0 aliphatic rings. The molecule has 0 rings (SSSR count). The molecule has 0 aromatic rings. The van der Waals surface area contributed by atoms with Crippen LogP contribution in [0.3, 0.4) is 0 Å². The number of hydrogen-bond acceptors (Lipinski definition) is 4. The van der Waals surface area contributed by atoms with E-state index >= 15 is 0 Å². The Morgan fingerprint density at radius 3 is 2.54 bits per heavy atom. The first-order chi connectivity index (χ1) is 5.87. The van der Waals surface area contributed by atoms with Crippen LogP contribution in [0.5, 0.6) is 0 Å². The second-order valence-corrected chi connectivity index (χ2v) is 4.31. The first-order valence-corrected chi connectivity index (χ1v) is 5.63. The lowest BCUT2D eigenvalue weighted by molar-refractivity contribution is -0.144. The van der Waals surface area contributed by atoms with E-state index in [4.69, 9.17) is 15.5 Å². The number of carbonyl (C=O) groups excluding carboxylic acids is 1. The molecule has 0 unspecified atom stereocenters. The van der Waals surface area contributed by atoms with Gasteiger partial charge in [0.2, 0.25) is 0 Å². The Hall–Kier alpha value is -0.420. The van der Waals surface area contributed by atoms with Gasteiger partial charge in [0, 0.05) is 0 Å². The summed E-state index contributed by atoms with van der Waals surface area (Å²) in [7, 11) is -4.07. The summed E-state index contributed by atoms with van der Waals surface area (Å²) in [5.41, 5.74) is 5.29. The van der Waals surface area contributed by atoms with Crippen LogP contribution in [0.1, 0.15) is 13.3 Å². The lowest BCUT2D eigenvalue weighted by atomic mass is 10.2. The molecule has 0 aromatic carbocycles. The second-order valence-electron chi connectivity index (χ2n) is 2.54. The van der Waals surface area contributed by atoms with Gasteiger partial charge in [0.05, 0.1) is 12.8 Å². The van der Waals surface area contributed by atoms with Gasteiger partial charge in [-0.05, 0) is 13.3 Å². The highest BCUT2D eigenvalue weighted by molar-refractivity contribution is 7.51. The third kappa shape index (κ3) is 6.72. The summed E-state index contributed by atoms with van der Waals surface area (Å²) < 4.78 is 15.0. The van der Waals surface area contributed by atoms with Gasteiger partial charge in [-0.25, -0.2) is 0 Å². The van der Waals surface area contributed by atoms with Crippen LogP contribution in [0.25, 0.3) is 0 Å². The maximum atomic E-state index is 10.9. The maximum Gasteiger partial charge on any atom is 0.325 e. The smallest absolute Gasteiger partial charge is 0.325 e. The molecule has 7 heteroatoms. The second kappa shape index (κ2) is 5.34. The molecule has 1 atom stereocenters. The number of ether oxygens (including phenoxy) is 1. The van der Waals surface area contributed by atoms with Crippen molar-refractivity contribution in [3.05, 3.63) is 0 Å². The fourth-order valence-corrected chi connectivity index (χ4v) is 1.29. The minimum absolute atomic E-state index is 0.0664. The Labute approximate surface area is 76.2 Å². The van der Waals surface area contributed by atoms with Crippen LogP contribution in [0.4, 0.5) is 0 Å². The molecule has 4 N–H and O–H groups in total. The molecule has 0 saturated carbocycles. The van der Waals surface area contributed by atoms with Crippen molar-refractivity contribution in [3.63, 3.8) is 0 Å². The molecule has 0 aliphatic heterocycles. The highest BCUT2D eigenvalue weighted by Crippen LogP contribution is 2.35. The zero-order valence-corrected chi connectivity index (χ0v) is 8.24. The first kappa shape index (κ1) is 12.6. The zero-order valence-electron chi connectivity index (χ0n) is 7.34. The fraction of sp³-hybridized carbons (Fsp3) is 0.833. The molecule has 0 amide bonds. The van der Waals surface area contributed by atoms with Crippen molar-refractivity contribution in [2.75, 3.05) is 12.8 Å². The third-order valence-electron chi connectivity index (χ3n) is 1.32. The molecule has 0 saturated heterocycles. The van der Waals surface area contributed by atoms with Crippen LogP contribution in [-0.2, 0) is 14.1 Å². The largest absolute Gasteiger partial charge is 0.465 e. The Kier molecular flexibility index (Phi) is 5.17. The topological polar surface area (TPSA) is 110 Å². The first-order valence-electron chi connectivity index (χ1n) is 3.83. The summed E-state index contributed by atoms with van der Waals surface area (Å²) in [5.74, 6) is -0.629. The highest BCUT2D eigenvalue weighted by Gasteiger charge is 2.20. The average Bonchev–Trinajstić information content (AvgIpc) is 1.99. The Bertz CT molecular complexity index is 213. The molecular weight excluding hydrogens is 197 g/mol. The summed E-state index contributed by atoms with van der Waals surface area (Å²) in [6.45, 7) is 1.84. The predicted octanol–water partition coefficient (Wildman–Crippen LogP) is -0.555. The zero-order chi connectivity index (χ0) is 10.5. The van der Waals surface area contributed by atoms with Crippen LogP contribution >= 0.6 is 7.60 Å². The molecule has 13 heavy (non-hydrogen) atoms. The Balaban J connectivity index is 3.81. The van der Waals surface area contributed by atoms with Gasteiger partial charge < -0.3 is 20.3 Å². The van der Waals surface area contributed by atoms with Gasteiger partial charge >= 0.3 is 13.6 Å². The van der Waals surface area contributed by atoms with E-state index in [1.807, 2.05) is 0 Å². The number of hydrogen-bond donors (Lipinski definition) is 3. The van der Waals surface area contributed by atoms with Gasteiger partial charge in [-0.3, -0.25) is 9.36 Å². The fourth-order valence-electron chi connectivity index (χ4n) is 0.674. The molecular formula is C6H14NO5P. The quantitative estimate of drug-likeness (QED) is 0.415. The predicted molar refractivity (Wildman–Crippen MR) is 46.1 cm³/mol. The summed E-state index contributed by atoms with van der Waals surface area (Å²) >= 11 is 0. The standard InChI is InChI=1S/C6H14NO5P/c1-2-12-6(8)5(7)3-4-13(9,10)11/h5H,2-4,7H2,1H3,(H2,9,10,11)/t5-/m1/s1. The molecule has 0 aliphatic carbocycles. The normalized spacial score (nSPS) is 13.8. The Morgan fingerprint density at radius 2 is 2.15 bits per heavy atom. The molecule has 0 heterocycles. The van der Waals surface area contributed by atoms with Crippen LogP contribution in [0, 0.1) is 0 Å². The lowest BCUT2D eigenvalue weighted by Crippen LogP contribution is -2.33. The van der Waals surface area contributed by atoms with Gasteiger partial charge in [0.1, 0.15) is 6.04 Å². The van der Waals surface area contributed by atoms with E-state index in [9.17, 15) is 9.36 Å². The summed E-state index contributed by atoms with van der Waals surface area (Å²) in [6.07, 6.45) is -0.462. The number of carbonyl (C=O) groups is 1. The number of nitrogens with two attached hydrogens (primary N) is 1. The molecule has 0 aromatic heterocycles. The molecule has 0 fully saturated rings. The SMILES string of the molecule is CCOC(=O)[C@H](N)CCP(=O)(O)O. The van der Waals surface area contributed by atoms with Crippen molar-refractivity contribution in [1.82, 2.24) is 0 Å². The molecule has 0 bridgehead atoms. The van der Waals surface area contributed by atoms with Crippen molar-refractivity contribution in [3.8, 4) is 0 Å². The van der Waals surface area contributed by atoms with E-state index in [-0.39, 0.29) is 13.0 Å². The molecule has 78 valence electrons. The number of esters is 1. The number of rotatable bonds is 5. The lowest BCUT2D eigenvalue weighted by Gasteiger charge is -2.10. The van der Waals surface area contributed by atoms with Crippen LogP contribution in [0.15, 0.2) is 0 Å². The van der Waals surface area contributed by atoms with E-state index in [0.717, 1.165) is 0 Å². The maximum absolute atomic E-state index is 10.9. The summed E-state index contributed by atoms with van der Waals surface area (Å²) in [4.78, 5) is 27.8. The van der Waals surface area contributed by atoms with Crippen LogP contribution < -0.4 is 5.73 Å². The summed E-state index contributed by atoms with van der Waals surface area (Å²) in [6, 6.07) is -0.951. The van der Waals surface area contributed by atoms with Crippen molar-refractivity contribution < 1.29 is 23.9 Å². The van der Waals surface area contributed by atoms with E-state index in [1.165, 1.54) is 0 Å². The molecule has 0 spiro atoms. The van der Waals surface area contributed by atoms with E-state index in [0.29, 0.717) is 0 Å². The van der Waals surface area contributed by atoms with E-state index in [1.54, 1.807) is 6.92 Å². The molecule has 0 radical (unpaired) electrons. The van der Waals surface area contributed by atoms with Crippen LogP contribution in [-0.4, -0.2) is 34.6 Å². The third-order valence-corrected chi connectivity index (χ3v) is 2.16. The van der Waals surface area contributed by atoms with Crippen molar-refractivity contribution in [1.29, 1.82) is 0 Å². The average molecular weight is 211 g/mol. The van der Waals surface area contributed by atoms with Crippen molar-refractivity contribution in [2.45, 2.75) is 19.4 Å². The van der Waals surface area contributed by atoms with Gasteiger partial charge in [-0.15, -0.1) is 0 Å². The summed E-state index contributed by atoms with van der Waals surface area (Å²) in [5, 5.41) is 0. The van der Waals surface area contributed by atoms with Crippen LogP contribution in [0.2, 0.25) is 0 Å². The molecule has 6 nitrogen and oxygen atoms in total. The van der Waals surface area contributed by atoms with Gasteiger partial charge in [-0.1, -0.05) is 0 Å². The van der Waals surface area contributed by atoms with Crippen molar-refractivity contribution in [2.24, 2.45) is 5.73 Å². The van der Waals surface area contributed by atoms with E-state index in [2.05, 4.69) is 4.74 Å². The van der Waals surface area contributed by atoms with Gasteiger partial charge in [0.15, 0.2) is 0 Å².